The lowest BCUT2D eigenvalue weighted by Gasteiger charge is -2.11. The van der Waals surface area contributed by atoms with Crippen LogP contribution in [0.3, 0.4) is 0 Å². The van der Waals surface area contributed by atoms with Crippen LogP contribution >= 0.6 is 11.3 Å². The summed E-state index contributed by atoms with van der Waals surface area (Å²) < 4.78 is 23.3. The first-order valence-electron chi connectivity index (χ1n) is 8.73. The van der Waals surface area contributed by atoms with Crippen LogP contribution < -0.4 is 10.1 Å². The number of benzene rings is 2. The number of anilines is 1. The molecule has 3 rings (SSSR count). The second-order valence-corrected chi connectivity index (χ2v) is 7.27. The van der Waals surface area contributed by atoms with Gasteiger partial charge in [-0.25, -0.2) is 14.2 Å². The first-order valence-corrected chi connectivity index (χ1v) is 9.54. The molecular formula is C21H19FN2O4S. The van der Waals surface area contributed by atoms with Gasteiger partial charge in [0, 0.05) is 5.69 Å². The van der Waals surface area contributed by atoms with Crippen molar-refractivity contribution in [3.05, 3.63) is 75.0 Å². The summed E-state index contributed by atoms with van der Waals surface area (Å²) in [5.41, 5.74) is 2.11. The van der Waals surface area contributed by atoms with Crippen LogP contribution in [0.25, 0.3) is 0 Å². The highest BCUT2D eigenvalue weighted by molar-refractivity contribution is 7.13. The number of aryl methyl sites for hydroxylation is 1. The predicted octanol–water partition coefficient (Wildman–Crippen LogP) is 4.52. The third-order valence-electron chi connectivity index (χ3n) is 4.21. The molecule has 0 saturated heterocycles. The van der Waals surface area contributed by atoms with Crippen LogP contribution in [-0.4, -0.2) is 24.0 Å². The molecule has 0 bridgehead atoms. The Morgan fingerprint density at radius 2 is 1.86 bits per heavy atom. The van der Waals surface area contributed by atoms with E-state index in [1.165, 1.54) is 42.7 Å². The quantitative estimate of drug-likeness (QED) is 0.600. The normalized spacial score (nSPS) is 10.5. The Balaban J connectivity index is 1.72. The molecular weight excluding hydrogens is 395 g/mol. The maximum absolute atomic E-state index is 13.0. The minimum Gasteiger partial charge on any atom is -0.486 e. The average molecular weight is 414 g/mol. The number of methoxy groups -OCH3 is 1. The molecule has 1 aromatic heterocycles. The fourth-order valence-electron chi connectivity index (χ4n) is 2.68. The van der Waals surface area contributed by atoms with Gasteiger partial charge in [0.25, 0.3) is 5.91 Å². The first-order chi connectivity index (χ1) is 13.9. The highest BCUT2D eigenvalue weighted by Gasteiger charge is 2.18. The number of esters is 1. The van der Waals surface area contributed by atoms with Crippen molar-refractivity contribution in [2.24, 2.45) is 0 Å². The highest BCUT2D eigenvalue weighted by Crippen LogP contribution is 2.24. The van der Waals surface area contributed by atoms with Gasteiger partial charge in [0.1, 0.15) is 28.1 Å². The van der Waals surface area contributed by atoms with Gasteiger partial charge in [-0.15, -0.1) is 11.3 Å². The number of carbonyl (C=O) groups excluding carboxylic acids is 2. The number of halogens is 1. The highest BCUT2D eigenvalue weighted by atomic mass is 32.1. The molecule has 0 atom stereocenters. The van der Waals surface area contributed by atoms with Crippen LogP contribution in [0, 0.1) is 19.7 Å². The van der Waals surface area contributed by atoms with Gasteiger partial charge in [0.2, 0.25) is 0 Å². The van der Waals surface area contributed by atoms with E-state index in [9.17, 15) is 14.0 Å². The maximum Gasteiger partial charge on any atom is 0.338 e. The molecule has 150 valence electrons. The molecule has 0 aliphatic carbocycles. The van der Waals surface area contributed by atoms with Gasteiger partial charge in [-0.3, -0.25) is 4.79 Å². The molecule has 0 saturated carbocycles. The number of aromatic nitrogens is 1. The van der Waals surface area contributed by atoms with Gasteiger partial charge in [0.15, 0.2) is 0 Å². The lowest BCUT2D eigenvalue weighted by atomic mass is 10.1. The van der Waals surface area contributed by atoms with Crippen LogP contribution in [0.2, 0.25) is 0 Å². The van der Waals surface area contributed by atoms with Crippen LogP contribution in [0.1, 0.15) is 36.3 Å². The Kier molecular flexibility index (Phi) is 6.23. The Bertz CT molecular complexity index is 1050. The zero-order valence-corrected chi connectivity index (χ0v) is 16.9. The van der Waals surface area contributed by atoms with E-state index in [1.807, 2.05) is 0 Å². The number of nitrogens with zero attached hydrogens (tertiary/aromatic N) is 1. The van der Waals surface area contributed by atoms with Gasteiger partial charge < -0.3 is 14.8 Å². The Morgan fingerprint density at radius 3 is 2.55 bits per heavy atom. The number of amides is 1. The molecule has 0 fully saturated rings. The van der Waals surface area contributed by atoms with E-state index >= 15 is 0 Å². The van der Waals surface area contributed by atoms with Crippen molar-refractivity contribution in [2.45, 2.75) is 20.5 Å². The number of nitrogens with one attached hydrogen (secondary N) is 1. The van der Waals surface area contributed by atoms with Crippen molar-refractivity contribution in [3.8, 4) is 5.75 Å². The van der Waals surface area contributed by atoms with Gasteiger partial charge in [-0.1, -0.05) is 6.07 Å². The smallest absolute Gasteiger partial charge is 0.338 e. The minimum absolute atomic E-state index is 0.168. The van der Waals surface area contributed by atoms with Crippen molar-refractivity contribution in [1.29, 1.82) is 0 Å². The molecule has 0 unspecified atom stereocenters. The van der Waals surface area contributed by atoms with Crippen molar-refractivity contribution in [1.82, 2.24) is 4.98 Å². The van der Waals surface area contributed by atoms with Crippen LogP contribution in [0.15, 0.2) is 42.5 Å². The second-order valence-electron chi connectivity index (χ2n) is 6.19. The summed E-state index contributed by atoms with van der Waals surface area (Å²) >= 11 is 1.22. The number of ether oxygens (including phenoxy) is 2. The molecule has 1 heterocycles. The summed E-state index contributed by atoms with van der Waals surface area (Å²) in [5.74, 6) is -0.612. The number of hydrogen-bond acceptors (Lipinski definition) is 6. The van der Waals surface area contributed by atoms with E-state index in [2.05, 4.69) is 10.3 Å². The van der Waals surface area contributed by atoms with E-state index in [1.54, 1.807) is 32.0 Å². The monoisotopic (exact) mass is 414 g/mol. The van der Waals surface area contributed by atoms with Crippen molar-refractivity contribution in [3.63, 3.8) is 0 Å². The topological polar surface area (TPSA) is 77.5 Å². The summed E-state index contributed by atoms with van der Waals surface area (Å²) in [5, 5.41) is 3.44. The third kappa shape index (κ3) is 4.78. The zero-order chi connectivity index (χ0) is 21.0. The van der Waals surface area contributed by atoms with E-state index in [0.717, 1.165) is 0 Å². The zero-order valence-electron chi connectivity index (χ0n) is 16.1. The van der Waals surface area contributed by atoms with Crippen molar-refractivity contribution < 1.29 is 23.5 Å². The lowest BCUT2D eigenvalue weighted by molar-refractivity contribution is 0.0599. The molecule has 6 nitrogen and oxygen atoms in total. The summed E-state index contributed by atoms with van der Waals surface area (Å²) in [6.45, 7) is 3.65. The molecule has 2 aromatic carbocycles. The van der Waals surface area contributed by atoms with Crippen molar-refractivity contribution >= 4 is 28.9 Å². The summed E-state index contributed by atoms with van der Waals surface area (Å²) in [6.07, 6.45) is 0. The minimum atomic E-state index is -0.465. The summed E-state index contributed by atoms with van der Waals surface area (Å²) in [4.78, 5) is 29.4. The molecule has 0 radical (unpaired) electrons. The van der Waals surface area contributed by atoms with Gasteiger partial charge in [-0.05, 0) is 55.8 Å². The Hall–Kier alpha value is -3.26. The van der Waals surface area contributed by atoms with Gasteiger partial charge in [-0.2, -0.15) is 0 Å². The molecule has 0 spiro atoms. The Morgan fingerprint density at radius 1 is 1.14 bits per heavy atom. The molecule has 1 N–H and O–H groups in total. The largest absolute Gasteiger partial charge is 0.486 e. The Labute approximate surface area is 171 Å². The number of rotatable bonds is 6. The molecule has 0 aliphatic heterocycles. The van der Waals surface area contributed by atoms with E-state index in [0.29, 0.717) is 38.1 Å². The molecule has 0 aliphatic rings. The number of thiazole rings is 1. The second kappa shape index (κ2) is 8.83. The van der Waals surface area contributed by atoms with E-state index in [-0.39, 0.29) is 18.3 Å². The van der Waals surface area contributed by atoms with E-state index < -0.39 is 5.97 Å². The average Bonchev–Trinajstić information content (AvgIpc) is 3.09. The van der Waals surface area contributed by atoms with Crippen LogP contribution in [-0.2, 0) is 11.3 Å². The standard InChI is InChI=1S/C21H19FN2O4S/c1-12-16(21(26)27-3)5-4-6-17(12)24-20(25)19-13(2)23-18(29-19)11-28-15-9-7-14(22)8-10-15/h4-10H,11H2,1-3H3,(H,24,25). The number of hydrogen-bond donors (Lipinski definition) is 1. The fraction of sp³-hybridized carbons (Fsp3) is 0.190. The van der Waals surface area contributed by atoms with Crippen molar-refractivity contribution in [2.75, 3.05) is 12.4 Å². The first kappa shape index (κ1) is 20.5. The fourth-order valence-corrected chi connectivity index (χ4v) is 3.55. The molecule has 1 amide bonds. The maximum atomic E-state index is 13.0. The van der Waals surface area contributed by atoms with E-state index in [4.69, 9.17) is 9.47 Å². The van der Waals surface area contributed by atoms with Crippen LogP contribution in [0.4, 0.5) is 10.1 Å². The molecule has 8 heteroatoms. The molecule has 3 aromatic rings. The van der Waals surface area contributed by atoms with Crippen LogP contribution in [0.5, 0.6) is 5.75 Å². The number of carbonyl (C=O) groups is 2. The summed E-state index contributed by atoms with van der Waals surface area (Å²) in [7, 11) is 1.31. The summed E-state index contributed by atoms with van der Waals surface area (Å²) in [6, 6.07) is 10.7. The molecule has 29 heavy (non-hydrogen) atoms. The predicted molar refractivity (Wildman–Crippen MR) is 108 cm³/mol. The SMILES string of the molecule is COC(=O)c1cccc(NC(=O)c2sc(COc3ccc(F)cc3)nc2C)c1C. The van der Waals surface area contributed by atoms with Gasteiger partial charge >= 0.3 is 5.97 Å². The third-order valence-corrected chi connectivity index (χ3v) is 5.34. The lowest BCUT2D eigenvalue weighted by Crippen LogP contribution is -2.14. The van der Waals surface area contributed by atoms with Gasteiger partial charge in [0.05, 0.1) is 18.4 Å².